The van der Waals surface area contributed by atoms with E-state index in [4.69, 9.17) is 9.52 Å². The number of aromatic nitrogens is 2. The summed E-state index contributed by atoms with van der Waals surface area (Å²) in [5.74, 6) is 3.00. The average Bonchev–Trinajstić information content (AvgIpc) is 3.38. The van der Waals surface area contributed by atoms with Crippen molar-refractivity contribution >= 4 is 27.6 Å². The highest BCUT2D eigenvalue weighted by molar-refractivity contribution is 6.05. The number of aryl methyl sites for hydroxylation is 1. The highest BCUT2D eigenvalue weighted by Gasteiger charge is 2.28. The first-order valence-electron chi connectivity index (χ1n) is 15.1. The van der Waals surface area contributed by atoms with Crippen molar-refractivity contribution in [3.8, 4) is 11.3 Å². The van der Waals surface area contributed by atoms with Crippen molar-refractivity contribution in [2.75, 3.05) is 6.61 Å². The maximum absolute atomic E-state index is 12.5. The molecule has 0 bridgehead atoms. The fraction of sp³-hybridized carbons (Fsp3) is 0.371. The lowest BCUT2D eigenvalue weighted by molar-refractivity contribution is -0.392. The highest BCUT2D eigenvalue weighted by atomic mass is 16.6. The van der Waals surface area contributed by atoms with E-state index in [2.05, 4.69) is 25.8 Å². The van der Waals surface area contributed by atoms with Crippen molar-refractivity contribution in [1.29, 1.82) is 0 Å². The molecule has 1 aliphatic rings. The van der Waals surface area contributed by atoms with Crippen LogP contribution >= 0.6 is 0 Å². The van der Waals surface area contributed by atoms with Crippen molar-refractivity contribution in [3.63, 3.8) is 0 Å². The van der Waals surface area contributed by atoms with Crippen molar-refractivity contribution < 1.29 is 19.6 Å². The third-order valence-electron chi connectivity index (χ3n) is 8.21. The maximum atomic E-state index is 12.5. The predicted molar refractivity (Wildman–Crippen MR) is 173 cm³/mol. The molecule has 1 fully saturated rings. The van der Waals surface area contributed by atoms with Crippen molar-refractivity contribution in [3.05, 3.63) is 105 Å². The average molecular weight is 600 g/mol. The molecule has 9 nitrogen and oxygen atoms in total. The Morgan fingerprint density at radius 2 is 1.77 bits per heavy atom. The summed E-state index contributed by atoms with van der Waals surface area (Å²) in [6, 6.07) is 23.0. The van der Waals surface area contributed by atoms with E-state index in [0.717, 1.165) is 28.7 Å². The van der Waals surface area contributed by atoms with Crippen LogP contribution in [0.2, 0.25) is 0 Å². The van der Waals surface area contributed by atoms with Gasteiger partial charge in [-0.15, -0.1) is 0 Å². The van der Waals surface area contributed by atoms with Crippen LogP contribution in [0.5, 0.6) is 0 Å². The monoisotopic (exact) mass is 599 g/mol. The third kappa shape index (κ3) is 7.78. The van der Waals surface area contributed by atoms with Gasteiger partial charge in [0.25, 0.3) is 0 Å². The lowest BCUT2D eigenvalue weighted by Gasteiger charge is -2.33. The number of rotatable bonds is 5. The number of aliphatic hydroxyl groups is 2. The minimum Gasteiger partial charge on any atom is -0.456 e. The molecule has 3 atom stereocenters. The van der Waals surface area contributed by atoms with Gasteiger partial charge in [0.2, 0.25) is 0 Å². The fourth-order valence-corrected chi connectivity index (χ4v) is 5.80. The van der Waals surface area contributed by atoms with Gasteiger partial charge in [-0.1, -0.05) is 87.9 Å². The summed E-state index contributed by atoms with van der Waals surface area (Å²) in [6.45, 7) is 8.40. The molecule has 0 spiro atoms. The molecule has 0 saturated heterocycles. The summed E-state index contributed by atoms with van der Waals surface area (Å²) in [4.78, 5) is 26.1. The Morgan fingerprint density at radius 1 is 1.07 bits per heavy atom. The van der Waals surface area contributed by atoms with Gasteiger partial charge in [0.05, 0.1) is 18.1 Å². The Labute approximate surface area is 257 Å². The molecular weight excluding hydrogens is 558 g/mol. The predicted octanol–water partition coefficient (Wildman–Crippen LogP) is 7.14. The molecule has 9 heteroatoms. The molecule has 0 radical (unpaired) electrons. The van der Waals surface area contributed by atoms with Gasteiger partial charge in [0.1, 0.15) is 24.1 Å². The standard InChI is InChI=1S/C19H12O2.C10H20O.C6H9N3O3/c20-16-12-18(14-7-2-1-3-8-14)21-17-11-10-13-6-4-5-9-15(13)19(16)17;1-7(2)9-5-4-8(3)6-10(9)11;1-5-7-4-6(9(11)12)8(5)2-3-10/h1-12H;7-11H,4-6H2,1-3H3;4,10H,2-3H2,1H3. The molecule has 5 aromatic rings. The van der Waals surface area contributed by atoms with Crippen LogP contribution in [0.3, 0.4) is 0 Å². The molecule has 1 aliphatic carbocycles. The van der Waals surface area contributed by atoms with Crippen LogP contribution in [-0.2, 0) is 6.54 Å². The maximum Gasteiger partial charge on any atom is 0.342 e. The van der Waals surface area contributed by atoms with E-state index in [1.807, 2.05) is 66.7 Å². The van der Waals surface area contributed by atoms with Crippen LogP contribution in [0.25, 0.3) is 33.1 Å². The van der Waals surface area contributed by atoms with Gasteiger partial charge in [-0.2, -0.15) is 0 Å². The molecule has 3 unspecified atom stereocenters. The molecule has 0 amide bonds. The van der Waals surface area contributed by atoms with E-state index < -0.39 is 4.92 Å². The molecule has 44 heavy (non-hydrogen) atoms. The number of nitrogens with zero attached hydrogens (tertiary/aromatic N) is 3. The number of aliphatic hydroxyl groups excluding tert-OH is 2. The van der Waals surface area contributed by atoms with Crippen LogP contribution in [0.4, 0.5) is 5.82 Å². The number of fused-ring (bicyclic) bond motifs is 3. The van der Waals surface area contributed by atoms with Gasteiger partial charge < -0.3 is 24.7 Å². The van der Waals surface area contributed by atoms with E-state index in [9.17, 15) is 20.0 Å². The normalized spacial score (nSPS) is 17.9. The summed E-state index contributed by atoms with van der Waals surface area (Å²) >= 11 is 0. The zero-order chi connectivity index (χ0) is 31.8. The SMILES string of the molecule is CC1CCC(C(C)C)C(O)C1.Cc1ncc([N+](=O)[O-])n1CCO.O=c1cc(-c2ccccc2)oc2ccc3ccccc3c12. The first kappa shape index (κ1) is 32.6. The van der Waals surface area contributed by atoms with Crippen molar-refractivity contribution in [2.24, 2.45) is 17.8 Å². The molecular formula is C35H41N3O6. The van der Waals surface area contributed by atoms with Crippen molar-refractivity contribution in [2.45, 2.75) is 59.6 Å². The summed E-state index contributed by atoms with van der Waals surface area (Å²) in [5.41, 5.74) is 1.52. The topological polar surface area (TPSA) is 132 Å². The number of nitro groups is 1. The quantitative estimate of drug-likeness (QED) is 0.125. The molecule has 6 rings (SSSR count). The van der Waals surface area contributed by atoms with Gasteiger partial charge in [-0.05, 0) is 52.4 Å². The smallest absolute Gasteiger partial charge is 0.342 e. The van der Waals surface area contributed by atoms with Gasteiger partial charge in [-0.25, -0.2) is 9.55 Å². The zero-order valence-corrected chi connectivity index (χ0v) is 25.7. The number of imidazole rings is 1. The van der Waals surface area contributed by atoms with Gasteiger partial charge in [0, 0.05) is 18.6 Å². The molecule has 2 N–H and O–H groups in total. The second kappa shape index (κ2) is 14.9. The highest BCUT2D eigenvalue weighted by Crippen LogP contribution is 2.33. The minimum atomic E-state index is -0.518. The largest absolute Gasteiger partial charge is 0.456 e. The molecule has 2 aromatic heterocycles. The molecule has 232 valence electrons. The Kier molecular flexibility index (Phi) is 11.0. The summed E-state index contributed by atoms with van der Waals surface area (Å²) in [6.07, 6.45) is 4.70. The number of benzene rings is 3. The lowest BCUT2D eigenvalue weighted by atomic mass is 9.75. The second-order valence-electron chi connectivity index (χ2n) is 11.7. The van der Waals surface area contributed by atoms with E-state index in [1.165, 1.54) is 23.6 Å². The first-order valence-corrected chi connectivity index (χ1v) is 15.1. The minimum absolute atomic E-state index is 0.00750. The Balaban J connectivity index is 0.000000165. The van der Waals surface area contributed by atoms with Crippen LogP contribution in [0, 0.1) is 34.8 Å². The molecule has 0 aliphatic heterocycles. The van der Waals surface area contributed by atoms with E-state index >= 15 is 0 Å². The van der Waals surface area contributed by atoms with Gasteiger partial charge in [-0.3, -0.25) is 4.79 Å². The van der Waals surface area contributed by atoms with Crippen molar-refractivity contribution in [1.82, 2.24) is 9.55 Å². The zero-order valence-electron chi connectivity index (χ0n) is 25.7. The Morgan fingerprint density at radius 3 is 2.43 bits per heavy atom. The number of hydrogen-bond acceptors (Lipinski definition) is 7. The summed E-state index contributed by atoms with van der Waals surface area (Å²) in [5, 5.41) is 31.3. The fourth-order valence-electron chi connectivity index (χ4n) is 5.80. The summed E-state index contributed by atoms with van der Waals surface area (Å²) in [7, 11) is 0. The Hall–Kier alpha value is -4.34. The van der Waals surface area contributed by atoms with Crippen LogP contribution in [0.15, 0.2) is 88.2 Å². The third-order valence-corrected chi connectivity index (χ3v) is 8.21. The molecule has 3 aromatic carbocycles. The first-order chi connectivity index (χ1) is 21.1. The van der Waals surface area contributed by atoms with Crippen LogP contribution in [0.1, 0.15) is 45.9 Å². The summed E-state index contributed by atoms with van der Waals surface area (Å²) < 4.78 is 7.30. The van der Waals surface area contributed by atoms with E-state index in [-0.39, 0.29) is 30.5 Å². The van der Waals surface area contributed by atoms with E-state index in [0.29, 0.717) is 34.4 Å². The Bertz CT molecular complexity index is 1740. The van der Waals surface area contributed by atoms with Gasteiger partial charge >= 0.3 is 5.82 Å². The lowest BCUT2D eigenvalue weighted by Crippen LogP contribution is -2.31. The van der Waals surface area contributed by atoms with Crippen LogP contribution in [-0.4, -0.2) is 37.4 Å². The molecule has 2 heterocycles. The second-order valence-corrected chi connectivity index (χ2v) is 11.7. The van der Waals surface area contributed by atoms with Crippen LogP contribution < -0.4 is 5.43 Å². The van der Waals surface area contributed by atoms with Gasteiger partial charge in [0.15, 0.2) is 11.3 Å². The number of hydrogen-bond donors (Lipinski definition) is 2. The van der Waals surface area contributed by atoms with E-state index in [1.54, 1.807) is 13.0 Å². The molecule has 1 saturated carbocycles.